The Labute approximate surface area is 159 Å². The molecule has 0 bridgehead atoms. The molecule has 144 valence electrons. The smallest absolute Gasteiger partial charge is 0.221 e. The number of rotatable bonds is 7. The third-order valence-corrected chi connectivity index (χ3v) is 4.69. The number of hydrogen-bond acceptors (Lipinski definition) is 4. The largest absolute Gasteiger partial charge is 0.378 e. The highest BCUT2D eigenvalue weighted by atomic mass is 19.1. The second-order valence-corrected chi connectivity index (χ2v) is 6.80. The number of nitrogens with zero attached hydrogens (tertiary/aromatic N) is 1. The normalized spacial score (nSPS) is 15.4. The Morgan fingerprint density at radius 3 is 2.56 bits per heavy atom. The van der Waals surface area contributed by atoms with Crippen molar-refractivity contribution in [1.29, 1.82) is 0 Å². The van der Waals surface area contributed by atoms with Crippen molar-refractivity contribution in [2.45, 2.75) is 25.4 Å². The minimum absolute atomic E-state index is 0.129. The fourth-order valence-electron chi connectivity index (χ4n) is 3.18. The van der Waals surface area contributed by atoms with E-state index in [2.05, 4.69) is 22.3 Å². The highest BCUT2D eigenvalue weighted by molar-refractivity contribution is 5.76. The van der Waals surface area contributed by atoms with Crippen molar-refractivity contribution in [3.63, 3.8) is 0 Å². The van der Waals surface area contributed by atoms with Crippen molar-refractivity contribution in [2.75, 3.05) is 31.2 Å². The fourth-order valence-corrected chi connectivity index (χ4v) is 3.18. The van der Waals surface area contributed by atoms with Crippen LogP contribution in [0.15, 0.2) is 48.5 Å². The first kappa shape index (κ1) is 19.3. The molecule has 1 amide bonds. The average molecular weight is 371 g/mol. The molecule has 27 heavy (non-hydrogen) atoms. The molecular weight excluding hydrogens is 345 g/mol. The fraction of sp³-hybridized carbons (Fsp3) is 0.381. The Bertz CT molecular complexity index is 745. The van der Waals surface area contributed by atoms with Gasteiger partial charge in [-0.3, -0.25) is 4.79 Å². The summed E-state index contributed by atoms with van der Waals surface area (Å²) in [5.74, 6) is -0.412. The van der Waals surface area contributed by atoms with E-state index in [-0.39, 0.29) is 18.1 Å². The average Bonchev–Trinajstić information content (AvgIpc) is 2.69. The summed E-state index contributed by atoms with van der Waals surface area (Å²) in [5.41, 5.74) is 8.74. The molecule has 3 rings (SSSR count). The van der Waals surface area contributed by atoms with Crippen molar-refractivity contribution < 1.29 is 13.9 Å². The van der Waals surface area contributed by atoms with E-state index in [0.717, 1.165) is 31.9 Å². The molecule has 0 unspecified atom stereocenters. The summed E-state index contributed by atoms with van der Waals surface area (Å²) >= 11 is 0. The van der Waals surface area contributed by atoms with Crippen LogP contribution in [-0.2, 0) is 22.5 Å². The van der Waals surface area contributed by atoms with E-state index in [1.807, 2.05) is 12.1 Å². The molecule has 0 saturated carbocycles. The van der Waals surface area contributed by atoms with Gasteiger partial charge in [0, 0.05) is 37.8 Å². The molecule has 1 aliphatic heterocycles. The Kier molecular flexibility index (Phi) is 6.79. The van der Waals surface area contributed by atoms with Crippen LogP contribution in [0, 0.1) is 5.82 Å². The molecule has 2 aromatic rings. The lowest BCUT2D eigenvalue weighted by molar-refractivity contribution is -0.121. The Hall–Kier alpha value is -2.44. The number of benzene rings is 2. The lowest BCUT2D eigenvalue weighted by Gasteiger charge is -2.28. The molecule has 2 aromatic carbocycles. The molecule has 6 heteroatoms. The van der Waals surface area contributed by atoms with E-state index in [0.29, 0.717) is 18.5 Å². The standard InChI is InChI=1S/C21H26FN3O2/c22-20-4-2-1-3-17(20)13-18(23)14-21(26)24-15-16-5-7-19(8-6-16)25-9-11-27-12-10-25/h1-8,18H,9-15,23H2,(H,24,26)/t18-/m1/s1. The Morgan fingerprint density at radius 2 is 1.85 bits per heavy atom. The van der Waals surface area contributed by atoms with E-state index in [1.54, 1.807) is 18.2 Å². The zero-order chi connectivity index (χ0) is 19.1. The number of nitrogens with one attached hydrogen (secondary N) is 1. The highest BCUT2D eigenvalue weighted by Gasteiger charge is 2.13. The maximum absolute atomic E-state index is 13.7. The molecule has 1 heterocycles. The summed E-state index contributed by atoms with van der Waals surface area (Å²) in [5, 5.41) is 2.88. The summed E-state index contributed by atoms with van der Waals surface area (Å²) in [4.78, 5) is 14.4. The first-order chi connectivity index (χ1) is 13.1. The summed E-state index contributed by atoms with van der Waals surface area (Å²) in [7, 11) is 0. The van der Waals surface area contributed by atoms with Gasteiger partial charge in [0.1, 0.15) is 5.82 Å². The first-order valence-electron chi connectivity index (χ1n) is 9.29. The number of ether oxygens (including phenoxy) is 1. The second kappa shape index (κ2) is 9.48. The molecule has 0 spiro atoms. The van der Waals surface area contributed by atoms with Gasteiger partial charge in [-0.2, -0.15) is 0 Å². The molecule has 0 aliphatic carbocycles. The van der Waals surface area contributed by atoms with Gasteiger partial charge in [-0.25, -0.2) is 4.39 Å². The minimum Gasteiger partial charge on any atom is -0.378 e. The van der Waals surface area contributed by atoms with E-state index < -0.39 is 6.04 Å². The van der Waals surface area contributed by atoms with Crippen LogP contribution >= 0.6 is 0 Å². The number of morpholine rings is 1. The van der Waals surface area contributed by atoms with Crippen molar-refractivity contribution in [1.82, 2.24) is 5.32 Å². The summed E-state index contributed by atoms with van der Waals surface area (Å²) in [6.07, 6.45) is 0.508. The molecule has 1 fully saturated rings. The van der Waals surface area contributed by atoms with Gasteiger partial charge in [0.15, 0.2) is 0 Å². The molecule has 1 saturated heterocycles. The lowest BCUT2D eigenvalue weighted by Crippen LogP contribution is -2.36. The van der Waals surface area contributed by atoms with E-state index >= 15 is 0 Å². The van der Waals surface area contributed by atoms with Gasteiger partial charge in [0.05, 0.1) is 13.2 Å². The number of carbonyl (C=O) groups is 1. The van der Waals surface area contributed by atoms with Crippen LogP contribution in [0.2, 0.25) is 0 Å². The van der Waals surface area contributed by atoms with Crippen LogP contribution in [0.3, 0.4) is 0 Å². The first-order valence-corrected chi connectivity index (χ1v) is 9.29. The third-order valence-electron chi connectivity index (χ3n) is 4.69. The number of hydrogen-bond donors (Lipinski definition) is 2. The SMILES string of the molecule is N[C@@H](CC(=O)NCc1ccc(N2CCOCC2)cc1)Cc1ccccc1F. The summed E-state index contributed by atoms with van der Waals surface area (Å²) in [6.45, 7) is 3.76. The van der Waals surface area contributed by atoms with Gasteiger partial charge >= 0.3 is 0 Å². The number of carbonyl (C=O) groups excluding carboxylic acids is 1. The summed E-state index contributed by atoms with van der Waals surface area (Å²) in [6, 6.07) is 14.3. The predicted octanol–water partition coefficient (Wildman–Crippen LogP) is 2.24. The lowest BCUT2D eigenvalue weighted by atomic mass is 10.0. The van der Waals surface area contributed by atoms with Crippen LogP contribution in [0.4, 0.5) is 10.1 Å². The number of halogens is 1. The van der Waals surface area contributed by atoms with Gasteiger partial charge in [0.25, 0.3) is 0 Å². The zero-order valence-corrected chi connectivity index (χ0v) is 15.4. The molecule has 5 nitrogen and oxygen atoms in total. The number of amides is 1. The maximum Gasteiger partial charge on any atom is 0.221 e. The van der Waals surface area contributed by atoms with E-state index in [4.69, 9.17) is 10.5 Å². The van der Waals surface area contributed by atoms with Gasteiger partial charge in [0.2, 0.25) is 5.91 Å². The molecule has 1 aliphatic rings. The van der Waals surface area contributed by atoms with Crippen LogP contribution < -0.4 is 16.0 Å². The molecule has 0 aromatic heterocycles. The minimum atomic E-state index is -0.411. The van der Waals surface area contributed by atoms with Gasteiger partial charge in [-0.15, -0.1) is 0 Å². The summed E-state index contributed by atoms with van der Waals surface area (Å²) < 4.78 is 19.0. The molecule has 0 radical (unpaired) electrons. The van der Waals surface area contributed by atoms with Crippen LogP contribution in [0.25, 0.3) is 0 Å². The monoisotopic (exact) mass is 371 g/mol. The maximum atomic E-state index is 13.7. The highest BCUT2D eigenvalue weighted by Crippen LogP contribution is 2.16. The third kappa shape index (κ3) is 5.77. The number of anilines is 1. The van der Waals surface area contributed by atoms with Crippen molar-refractivity contribution >= 4 is 11.6 Å². The predicted molar refractivity (Wildman–Crippen MR) is 104 cm³/mol. The van der Waals surface area contributed by atoms with Gasteiger partial charge < -0.3 is 20.7 Å². The quantitative estimate of drug-likeness (QED) is 0.783. The number of nitrogens with two attached hydrogens (primary N) is 1. The van der Waals surface area contributed by atoms with Gasteiger partial charge in [-0.05, 0) is 35.7 Å². The van der Waals surface area contributed by atoms with Crippen molar-refractivity contribution in [2.24, 2.45) is 5.73 Å². The van der Waals surface area contributed by atoms with Crippen molar-refractivity contribution in [3.05, 3.63) is 65.5 Å². The van der Waals surface area contributed by atoms with Crippen LogP contribution in [0.1, 0.15) is 17.5 Å². The Balaban J connectivity index is 1.44. The zero-order valence-electron chi connectivity index (χ0n) is 15.4. The molecular formula is C21H26FN3O2. The van der Waals surface area contributed by atoms with Crippen LogP contribution in [0.5, 0.6) is 0 Å². The van der Waals surface area contributed by atoms with Crippen LogP contribution in [-0.4, -0.2) is 38.3 Å². The molecule has 1 atom stereocenters. The van der Waals surface area contributed by atoms with Gasteiger partial charge in [-0.1, -0.05) is 30.3 Å². The van der Waals surface area contributed by atoms with Crippen molar-refractivity contribution in [3.8, 4) is 0 Å². The van der Waals surface area contributed by atoms with E-state index in [9.17, 15) is 9.18 Å². The topological polar surface area (TPSA) is 67.6 Å². The Morgan fingerprint density at radius 1 is 1.15 bits per heavy atom. The van der Waals surface area contributed by atoms with E-state index in [1.165, 1.54) is 11.8 Å². The molecule has 3 N–H and O–H groups in total. The second-order valence-electron chi connectivity index (χ2n) is 6.80.